The molecule has 0 saturated heterocycles. The smallest absolute Gasteiger partial charge is 0.350 e. The molecule has 1 N–H and O–H groups in total. The summed E-state index contributed by atoms with van der Waals surface area (Å²) >= 11 is 6.22. The van der Waals surface area contributed by atoms with Crippen LogP contribution < -0.4 is 15.7 Å². The Labute approximate surface area is 174 Å². The number of aromatic nitrogens is 1. The largest absolute Gasteiger partial charge is 0.462 e. The highest BCUT2D eigenvalue weighted by Gasteiger charge is 2.18. The van der Waals surface area contributed by atoms with Gasteiger partial charge in [0, 0.05) is 18.1 Å². The number of rotatable bonds is 3. The summed E-state index contributed by atoms with van der Waals surface area (Å²) in [6.07, 6.45) is 0. The Morgan fingerprint density at radius 2 is 2.07 bits per heavy atom. The molecule has 0 atom stereocenters. The Balaban J connectivity index is 1.87. The van der Waals surface area contributed by atoms with Gasteiger partial charge >= 0.3 is 11.6 Å². The van der Waals surface area contributed by atoms with Gasteiger partial charge in [0.1, 0.15) is 16.0 Å². The molecule has 0 aliphatic heterocycles. The lowest BCUT2D eigenvalue weighted by molar-refractivity contribution is 0.0530. The van der Waals surface area contributed by atoms with Crippen LogP contribution in [0.2, 0.25) is 0 Å². The third kappa shape index (κ3) is 4.33. The van der Waals surface area contributed by atoms with Crippen molar-refractivity contribution in [3.05, 3.63) is 61.7 Å². The van der Waals surface area contributed by atoms with Gasteiger partial charge in [-0.1, -0.05) is 29.5 Å². The molecule has 8 nitrogen and oxygen atoms in total. The molecule has 0 radical (unpaired) electrons. The number of thiazole rings is 1. The minimum absolute atomic E-state index is 0.144. The second-order valence-corrected chi connectivity index (χ2v) is 7.30. The van der Waals surface area contributed by atoms with Crippen LogP contribution in [0.15, 0.2) is 44.5 Å². The molecule has 1 amide bonds. The molecule has 0 fully saturated rings. The third-order valence-electron chi connectivity index (χ3n) is 4.08. The SMILES string of the molecule is CCOC(=O)c1s/c(=N/C(=S)NC(=O)c2cc3ccccc3oc2=O)n(C)c1C. The summed E-state index contributed by atoms with van der Waals surface area (Å²) in [6, 6.07) is 8.30. The number of carbonyl (C=O) groups is 2. The highest BCUT2D eigenvalue weighted by atomic mass is 32.1. The molecule has 3 rings (SSSR count). The number of thiocarbonyl (C=S) groups is 1. The van der Waals surface area contributed by atoms with Gasteiger partial charge in [0.2, 0.25) is 5.11 Å². The van der Waals surface area contributed by atoms with Crippen molar-refractivity contribution in [2.45, 2.75) is 13.8 Å². The van der Waals surface area contributed by atoms with Gasteiger partial charge in [-0.2, -0.15) is 4.99 Å². The predicted octanol–water partition coefficient (Wildman–Crippen LogP) is 2.29. The van der Waals surface area contributed by atoms with Crippen molar-refractivity contribution in [3.63, 3.8) is 0 Å². The Morgan fingerprint density at radius 3 is 2.79 bits per heavy atom. The summed E-state index contributed by atoms with van der Waals surface area (Å²) in [5, 5.41) is 2.87. The van der Waals surface area contributed by atoms with Gasteiger partial charge in [-0.15, -0.1) is 0 Å². The fourth-order valence-electron chi connectivity index (χ4n) is 2.51. The molecule has 0 unspecified atom stereocenters. The number of hydrogen-bond acceptors (Lipinski definition) is 7. The van der Waals surface area contributed by atoms with Crippen LogP contribution in [0.3, 0.4) is 0 Å². The van der Waals surface area contributed by atoms with Crippen LogP contribution in [-0.4, -0.2) is 28.2 Å². The normalized spacial score (nSPS) is 11.5. The molecule has 3 aromatic rings. The first-order valence-electron chi connectivity index (χ1n) is 8.58. The molecule has 0 spiro atoms. The van der Waals surface area contributed by atoms with E-state index < -0.39 is 17.5 Å². The van der Waals surface area contributed by atoms with Crippen molar-refractivity contribution in [1.82, 2.24) is 9.88 Å². The maximum Gasteiger partial charge on any atom is 0.350 e. The predicted molar refractivity (Wildman–Crippen MR) is 112 cm³/mol. The summed E-state index contributed by atoms with van der Waals surface area (Å²) < 4.78 is 11.8. The zero-order valence-corrected chi connectivity index (χ0v) is 17.5. The van der Waals surface area contributed by atoms with Gasteiger partial charge in [0.25, 0.3) is 5.91 Å². The molecule has 0 bridgehead atoms. The lowest BCUT2D eigenvalue weighted by Gasteiger charge is -2.03. The molecule has 0 saturated carbocycles. The lowest BCUT2D eigenvalue weighted by Crippen LogP contribution is -2.32. The molecule has 0 aliphatic rings. The summed E-state index contributed by atoms with van der Waals surface area (Å²) in [4.78, 5) is 41.6. The van der Waals surface area contributed by atoms with E-state index in [1.54, 1.807) is 49.7 Å². The van der Waals surface area contributed by atoms with E-state index in [1.165, 1.54) is 6.07 Å². The van der Waals surface area contributed by atoms with Crippen molar-refractivity contribution in [3.8, 4) is 0 Å². The first-order chi connectivity index (χ1) is 13.8. The molecule has 0 aliphatic carbocycles. The van der Waals surface area contributed by atoms with Gasteiger partial charge < -0.3 is 13.7 Å². The van der Waals surface area contributed by atoms with Crippen molar-refractivity contribution in [2.75, 3.05) is 6.61 Å². The number of nitrogens with zero attached hydrogens (tertiary/aromatic N) is 2. The fraction of sp³-hybridized carbons (Fsp3) is 0.211. The Bertz CT molecular complexity index is 1250. The standard InChI is InChI=1S/C19H17N3O5S2/c1-4-26-17(25)14-10(2)22(3)19(29-14)21-18(28)20-15(23)12-9-11-7-5-6-8-13(11)27-16(12)24/h5-9H,4H2,1-3H3,(H,20,23,28)/b21-19+. The van der Waals surface area contributed by atoms with Crippen LogP contribution in [0.1, 0.15) is 32.6 Å². The van der Waals surface area contributed by atoms with Crippen molar-refractivity contribution in [1.29, 1.82) is 0 Å². The van der Waals surface area contributed by atoms with E-state index in [4.69, 9.17) is 21.4 Å². The van der Waals surface area contributed by atoms with Crippen LogP contribution in [0.5, 0.6) is 0 Å². The molecular weight excluding hydrogens is 414 g/mol. The monoisotopic (exact) mass is 431 g/mol. The Hall–Kier alpha value is -3.11. The maximum absolute atomic E-state index is 12.5. The number of para-hydroxylation sites is 1. The van der Waals surface area contributed by atoms with Crippen LogP contribution in [0.4, 0.5) is 0 Å². The second kappa shape index (κ2) is 8.50. The van der Waals surface area contributed by atoms with E-state index in [2.05, 4.69) is 10.3 Å². The molecule has 1 aromatic carbocycles. The number of fused-ring (bicyclic) bond motifs is 1. The van der Waals surface area contributed by atoms with Gasteiger partial charge in [0.15, 0.2) is 4.80 Å². The summed E-state index contributed by atoms with van der Waals surface area (Å²) in [5.74, 6) is -1.17. The first-order valence-corrected chi connectivity index (χ1v) is 9.80. The molecule has 10 heteroatoms. The minimum atomic E-state index is -0.772. The van der Waals surface area contributed by atoms with E-state index in [-0.39, 0.29) is 17.3 Å². The minimum Gasteiger partial charge on any atom is -0.462 e. The second-order valence-electron chi connectivity index (χ2n) is 5.94. The van der Waals surface area contributed by atoms with Crippen LogP contribution >= 0.6 is 23.6 Å². The van der Waals surface area contributed by atoms with Crippen molar-refractivity contribution >= 4 is 51.5 Å². The van der Waals surface area contributed by atoms with Crippen molar-refractivity contribution in [2.24, 2.45) is 12.0 Å². The number of carbonyl (C=O) groups excluding carboxylic acids is 2. The zero-order chi connectivity index (χ0) is 21.1. The number of benzene rings is 1. The number of nitrogens with one attached hydrogen (secondary N) is 1. The lowest BCUT2D eigenvalue weighted by atomic mass is 10.2. The highest BCUT2D eigenvalue weighted by molar-refractivity contribution is 7.80. The molecule has 2 heterocycles. The fourth-order valence-corrected chi connectivity index (χ4v) is 3.77. The highest BCUT2D eigenvalue weighted by Crippen LogP contribution is 2.13. The quantitative estimate of drug-likeness (QED) is 0.388. The van der Waals surface area contributed by atoms with E-state index in [0.29, 0.717) is 26.3 Å². The zero-order valence-electron chi connectivity index (χ0n) is 15.8. The van der Waals surface area contributed by atoms with E-state index in [9.17, 15) is 14.4 Å². The molecule has 2 aromatic heterocycles. The molecular formula is C19H17N3O5S2. The number of esters is 1. The number of ether oxygens (including phenoxy) is 1. The molecule has 29 heavy (non-hydrogen) atoms. The van der Waals surface area contributed by atoms with Gasteiger partial charge in [-0.25, -0.2) is 9.59 Å². The average molecular weight is 431 g/mol. The summed E-state index contributed by atoms with van der Waals surface area (Å²) in [5.41, 5.74) is 0.0942. The first kappa shape index (κ1) is 20.6. The van der Waals surface area contributed by atoms with Crippen LogP contribution in [0.25, 0.3) is 11.0 Å². The Morgan fingerprint density at radius 1 is 1.34 bits per heavy atom. The maximum atomic E-state index is 12.5. The van der Waals surface area contributed by atoms with Gasteiger partial charge in [0.05, 0.1) is 6.61 Å². The topological polar surface area (TPSA) is 103 Å². The summed E-state index contributed by atoms with van der Waals surface area (Å²) in [6.45, 7) is 3.74. The van der Waals surface area contributed by atoms with E-state index in [0.717, 1.165) is 11.3 Å². The van der Waals surface area contributed by atoms with Crippen molar-refractivity contribution < 1.29 is 18.7 Å². The molecule has 150 valence electrons. The van der Waals surface area contributed by atoms with E-state index in [1.807, 2.05) is 0 Å². The van der Waals surface area contributed by atoms with Crippen LogP contribution in [-0.2, 0) is 11.8 Å². The Kier molecular flexibility index (Phi) is 6.04. The number of hydrogen-bond donors (Lipinski definition) is 1. The van der Waals surface area contributed by atoms with Gasteiger partial charge in [-0.3, -0.25) is 10.1 Å². The van der Waals surface area contributed by atoms with Crippen LogP contribution in [0, 0.1) is 6.92 Å². The van der Waals surface area contributed by atoms with Gasteiger partial charge in [-0.05, 0) is 38.2 Å². The number of amides is 1. The average Bonchev–Trinajstić information content (AvgIpc) is 2.96. The summed E-state index contributed by atoms with van der Waals surface area (Å²) in [7, 11) is 1.72. The third-order valence-corrected chi connectivity index (χ3v) is 5.48. The van der Waals surface area contributed by atoms with E-state index >= 15 is 0 Å².